The summed E-state index contributed by atoms with van der Waals surface area (Å²) in [6, 6.07) is 2.20. The highest BCUT2D eigenvalue weighted by molar-refractivity contribution is 5.97. The summed E-state index contributed by atoms with van der Waals surface area (Å²) in [5, 5.41) is 9.72. The zero-order valence-electron chi connectivity index (χ0n) is 16.0. The summed E-state index contributed by atoms with van der Waals surface area (Å²) in [6.07, 6.45) is 2.91. The molecule has 1 saturated heterocycles. The molecule has 1 aromatic carbocycles. The van der Waals surface area contributed by atoms with E-state index in [1.54, 1.807) is 6.92 Å². The number of carboxylic acid groups (broad SMARTS) is 1. The molecule has 2 aromatic rings. The van der Waals surface area contributed by atoms with Crippen LogP contribution in [0.2, 0.25) is 0 Å². The van der Waals surface area contributed by atoms with E-state index in [2.05, 4.69) is 0 Å². The minimum absolute atomic E-state index is 0. The van der Waals surface area contributed by atoms with Crippen molar-refractivity contribution in [2.45, 2.75) is 37.8 Å². The van der Waals surface area contributed by atoms with Crippen LogP contribution >= 0.6 is 12.4 Å². The van der Waals surface area contributed by atoms with Crippen molar-refractivity contribution in [3.05, 3.63) is 33.9 Å². The van der Waals surface area contributed by atoms with Gasteiger partial charge in [-0.05, 0) is 44.2 Å². The van der Waals surface area contributed by atoms with Crippen LogP contribution in [0.15, 0.2) is 16.9 Å². The molecule has 9 heteroatoms. The van der Waals surface area contributed by atoms with Gasteiger partial charge in [-0.2, -0.15) is 0 Å². The van der Waals surface area contributed by atoms with Crippen LogP contribution in [0, 0.1) is 11.7 Å². The first-order valence-electron chi connectivity index (χ1n) is 9.62. The molecule has 2 aliphatic heterocycles. The first kappa shape index (κ1) is 20.0. The van der Waals surface area contributed by atoms with Crippen LogP contribution in [-0.4, -0.2) is 40.9 Å². The second-order valence-corrected chi connectivity index (χ2v) is 8.34. The Morgan fingerprint density at radius 1 is 1.38 bits per heavy atom. The maximum absolute atomic E-state index is 15.2. The van der Waals surface area contributed by atoms with Crippen molar-refractivity contribution < 1.29 is 19.0 Å². The van der Waals surface area contributed by atoms with E-state index in [1.165, 1.54) is 16.7 Å². The minimum atomic E-state index is -1.32. The predicted molar refractivity (Wildman–Crippen MR) is 109 cm³/mol. The third kappa shape index (κ3) is 2.88. The largest absolute Gasteiger partial charge is 0.487 e. The first-order valence-corrected chi connectivity index (χ1v) is 9.62. The van der Waals surface area contributed by atoms with Gasteiger partial charge in [0.05, 0.1) is 11.6 Å². The molecule has 3 N–H and O–H groups in total. The maximum Gasteiger partial charge on any atom is 0.341 e. The number of nitrogens with two attached hydrogens (primary N) is 1. The summed E-state index contributed by atoms with van der Waals surface area (Å²) < 4.78 is 22.5. The Kier molecular flexibility index (Phi) is 4.55. The number of pyridine rings is 1. The Bertz CT molecular complexity index is 1080. The molecule has 0 amide bonds. The fourth-order valence-corrected chi connectivity index (χ4v) is 4.70. The number of aromatic nitrogens is 1. The predicted octanol–water partition coefficient (Wildman–Crippen LogP) is 2.53. The van der Waals surface area contributed by atoms with Crippen LogP contribution in [-0.2, 0) is 0 Å². The quantitative estimate of drug-likeness (QED) is 0.787. The summed E-state index contributed by atoms with van der Waals surface area (Å²) in [6.45, 7) is 3.30. The molecule has 3 aliphatic rings. The number of halogens is 2. The number of rotatable bonds is 3. The third-order valence-electron chi connectivity index (χ3n) is 6.49. The zero-order valence-corrected chi connectivity index (χ0v) is 16.8. The average Bonchev–Trinajstić information content (AvgIpc) is 3.20. The lowest BCUT2D eigenvalue weighted by Crippen LogP contribution is -2.36. The van der Waals surface area contributed by atoms with Gasteiger partial charge in [0.25, 0.3) is 5.56 Å². The Balaban J connectivity index is 0.00000205. The molecule has 5 rings (SSSR count). The molecule has 0 bridgehead atoms. The van der Waals surface area contributed by atoms with Crippen molar-refractivity contribution in [1.82, 2.24) is 4.57 Å². The Labute approximate surface area is 172 Å². The van der Waals surface area contributed by atoms with Gasteiger partial charge in [0.15, 0.2) is 11.6 Å². The fourth-order valence-electron chi connectivity index (χ4n) is 4.70. The summed E-state index contributed by atoms with van der Waals surface area (Å²) in [7, 11) is 0. The fraction of sp³-hybridized carbons (Fsp3) is 0.500. The second kappa shape index (κ2) is 6.60. The third-order valence-corrected chi connectivity index (χ3v) is 6.49. The molecule has 1 saturated carbocycles. The van der Waals surface area contributed by atoms with E-state index >= 15 is 4.39 Å². The lowest BCUT2D eigenvalue weighted by Gasteiger charge is -2.31. The van der Waals surface area contributed by atoms with Gasteiger partial charge in [-0.1, -0.05) is 0 Å². The van der Waals surface area contributed by atoms with E-state index in [0.717, 1.165) is 19.3 Å². The molecule has 0 unspecified atom stereocenters. The standard InChI is InChI=1S/C20H22FN3O4.ClH/c1-10-9-28-17-15-11(6-13(19(26)27)18(25)24(10)15)7-14(21)16(17)23-5-2-12(8-23)20(22)3-4-20;/h6-7,10,12H,2-5,8-9,22H2,1H3,(H,26,27);1H/t10-,12+;/m0./s1. The van der Waals surface area contributed by atoms with Gasteiger partial charge in [0.1, 0.15) is 17.9 Å². The summed E-state index contributed by atoms with van der Waals surface area (Å²) >= 11 is 0. The Morgan fingerprint density at radius 2 is 2.10 bits per heavy atom. The molecule has 156 valence electrons. The van der Waals surface area contributed by atoms with Crippen molar-refractivity contribution in [3.8, 4) is 5.75 Å². The van der Waals surface area contributed by atoms with E-state index in [-0.39, 0.29) is 36.2 Å². The van der Waals surface area contributed by atoms with Crippen LogP contribution < -0.4 is 20.9 Å². The number of ether oxygens (including phenoxy) is 1. The Morgan fingerprint density at radius 3 is 2.76 bits per heavy atom. The zero-order chi connectivity index (χ0) is 19.8. The minimum Gasteiger partial charge on any atom is -0.487 e. The SMILES string of the molecule is C[C@H]1COc2c(N3CC[C@@H](C4(N)CC4)C3)c(F)cc3cc(C(=O)O)c(=O)n1c23.Cl. The van der Waals surface area contributed by atoms with E-state index < -0.39 is 17.3 Å². The molecule has 3 heterocycles. The van der Waals surface area contributed by atoms with Crippen molar-refractivity contribution in [2.24, 2.45) is 11.7 Å². The highest BCUT2D eigenvalue weighted by Gasteiger charge is 2.48. The molecular weight excluding hydrogens is 401 g/mol. The van der Waals surface area contributed by atoms with E-state index in [1.807, 2.05) is 4.90 Å². The van der Waals surface area contributed by atoms with Crippen molar-refractivity contribution in [3.63, 3.8) is 0 Å². The highest BCUT2D eigenvalue weighted by Crippen LogP contribution is 2.48. The number of benzene rings is 1. The number of hydrogen-bond acceptors (Lipinski definition) is 5. The molecule has 2 atom stereocenters. The van der Waals surface area contributed by atoms with Gasteiger partial charge in [0, 0.05) is 24.0 Å². The lowest BCUT2D eigenvalue weighted by atomic mass is 9.97. The van der Waals surface area contributed by atoms with Gasteiger partial charge in [-0.3, -0.25) is 9.36 Å². The molecule has 1 aromatic heterocycles. The Hall–Kier alpha value is -2.32. The molecule has 2 fully saturated rings. The van der Waals surface area contributed by atoms with Crippen LogP contribution in [0.1, 0.15) is 42.6 Å². The maximum atomic E-state index is 15.2. The van der Waals surface area contributed by atoms with Crippen LogP contribution in [0.3, 0.4) is 0 Å². The van der Waals surface area contributed by atoms with E-state index in [0.29, 0.717) is 41.3 Å². The summed E-state index contributed by atoms with van der Waals surface area (Å²) in [4.78, 5) is 26.2. The molecular formula is C20H23ClFN3O4. The van der Waals surface area contributed by atoms with Crippen LogP contribution in [0.4, 0.5) is 10.1 Å². The van der Waals surface area contributed by atoms with Gasteiger partial charge in [0.2, 0.25) is 0 Å². The van der Waals surface area contributed by atoms with Gasteiger partial charge < -0.3 is 20.5 Å². The summed E-state index contributed by atoms with van der Waals surface area (Å²) in [5.74, 6) is -1.15. The average molecular weight is 424 g/mol. The number of carbonyl (C=O) groups is 1. The monoisotopic (exact) mass is 423 g/mol. The number of nitrogens with zero attached hydrogens (tertiary/aromatic N) is 2. The number of aromatic carboxylic acids is 1. The van der Waals surface area contributed by atoms with Crippen molar-refractivity contribution in [1.29, 1.82) is 0 Å². The molecule has 0 radical (unpaired) electrons. The smallest absolute Gasteiger partial charge is 0.341 e. The van der Waals surface area contributed by atoms with Gasteiger partial charge in [-0.15, -0.1) is 12.4 Å². The number of anilines is 1. The molecule has 29 heavy (non-hydrogen) atoms. The van der Waals surface area contributed by atoms with Crippen LogP contribution in [0.25, 0.3) is 10.9 Å². The van der Waals surface area contributed by atoms with Crippen molar-refractivity contribution >= 4 is 35.0 Å². The molecule has 7 nitrogen and oxygen atoms in total. The number of carboxylic acids is 1. The normalized spacial score (nSPS) is 24.2. The van der Waals surface area contributed by atoms with E-state index in [9.17, 15) is 14.7 Å². The molecule has 0 spiro atoms. The summed E-state index contributed by atoms with van der Waals surface area (Å²) in [5.41, 5.74) is 6.08. The topological polar surface area (TPSA) is 97.8 Å². The van der Waals surface area contributed by atoms with E-state index in [4.69, 9.17) is 10.5 Å². The van der Waals surface area contributed by atoms with Gasteiger partial charge in [-0.25, -0.2) is 9.18 Å². The molecule has 1 aliphatic carbocycles. The van der Waals surface area contributed by atoms with Crippen LogP contribution in [0.5, 0.6) is 5.75 Å². The lowest BCUT2D eigenvalue weighted by molar-refractivity contribution is 0.0694. The highest BCUT2D eigenvalue weighted by atomic mass is 35.5. The second-order valence-electron chi connectivity index (χ2n) is 8.34. The first-order chi connectivity index (χ1) is 13.3. The van der Waals surface area contributed by atoms with Crippen molar-refractivity contribution in [2.75, 3.05) is 24.6 Å². The number of hydrogen-bond donors (Lipinski definition) is 2. The van der Waals surface area contributed by atoms with Gasteiger partial charge >= 0.3 is 5.97 Å².